The molecule has 1 atom stereocenters. The van der Waals surface area contributed by atoms with Crippen LogP contribution < -0.4 is 10.1 Å². The maximum absolute atomic E-state index is 12.7. The van der Waals surface area contributed by atoms with Crippen LogP contribution in [0.4, 0.5) is 10.5 Å². The zero-order chi connectivity index (χ0) is 22.1. The Balaban J connectivity index is 1.79. The maximum atomic E-state index is 12.7. The fourth-order valence-corrected chi connectivity index (χ4v) is 3.12. The number of hydrogen-bond donors (Lipinski definition) is 3. The first-order valence-corrected chi connectivity index (χ1v) is 9.75. The number of aliphatic carboxylic acids is 1. The topological polar surface area (TPSA) is 105 Å². The van der Waals surface area contributed by atoms with E-state index in [0.29, 0.717) is 17.0 Å². The Labute approximate surface area is 179 Å². The molecule has 0 heterocycles. The fourth-order valence-electron chi connectivity index (χ4n) is 3.12. The minimum absolute atomic E-state index is 0.126. The van der Waals surface area contributed by atoms with Crippen LogP contribution in [0.1, 0.15) is 18.1 Å². The van der Waals surface area contributed by atoms with E-state index < -0.39 is 18.2 Å². The summed E-state index contributed by atoms with van der Waals surface area (Å²) in [5.41, 5.74) is 1.25. The molecular weight excluding hydrogens is 398 g/mol. The molecule has 3 aromatic carbocycles. The van der Waals surface area contributed by atoms with Gasteiger partial charge in [-0.1, -0.05) is 54.6 Å². The van der Waals surface area contributed by atoms with Crippen LogP contribution in [0, 0.1) is 0 Å². The van der Waals surface area contributed by atoms with Crippen molar-refractivity contribution in [3.63, 3.8) is 0 Å². The number of carboxylic acids is 1. The predicted molar refractivity (Wildman–Crippen MR) is 117 cm³/mol. The highest BCUT2D eigenvalue weighted by Gasteiger charge is 2.17. The van der Waals surface area contributed by atoms with Crippen LogP contribution in [-0.4, -0.2) is 35.5 Å². The summed E-state index contributed by atoms with van der Waals surface area (Å²) in [6.45, 7) is 0.00834. The van der Waals surface area contributed by atoms with Crippen molar-refractivity contribution in [1.29, 1.82) is 0 Å². The Bertz CT molecular complexity index is 1070. The van der Waals surface area contributed by atoms with E-state index in [2.05, 4.69) is 5.32 Å². The van der Waals surface area contributed by atoms with Crippen molar-refractivity contribution < 1.29 is 29.3 Å². The van der Waals surface area contributed by atoms with Gasteiger partial charge in [0, 0.05) is 17.9 Å². The van der Waals surface area contributed by atoms with Crippen molar-refractivity contribution in [3.05, 3.63) is 84.4 Å². The Kier molecular flexibility index (Phi) is 7.61. The molecule has 1 amide bonds. The minimum atomic E-state index is -1.08. The number of nitrogens with one attached hydrogen (secondary N) is 1. The molecule has 0 aromatic heterocycles. The molecule has 0 fully saturated rings. The van der Waals surface area contributed by atoms with Gasteiger partial charge in [-0.2, -0.15) is 0 Å². The molecule has 0 unspecified atom stereocenters. The van der Waals surface area contributed by atoms with Crippen molar-refractivity contribution in [3.8, 4) is 5.75 Å². The molecule has 0 spiro atoms. The van der Waals surface area contributed by atoms with Gasteiger partial charge in [-0.3, -0.25) is 5.32 Å². The first kappa shape index (κ1) is 21.9. The third-order valence-electron chi connectivity index (χ3n) is 4.48. The van der Waals surface area contributed by atoms with E-state index in [1.165, 1.54) is 6.08 Å². The molecule has 3 N–H and O–H groups in total. The summed E-state index contributed by atoms with van der Waals surface area (Å²) in [4.78, 5) is 23.5. The third-order valence-corrected chi connectivity index (χ3v) is 4.48. The first-order valence-electron chi connectivity index (χ1n) is 9.75. The average molecular weight is 421 g/mol. The van der Waals surface area contributed by atoms with Gasteiger partial charge >= 0.3 is 12.1 Å². The van der Waals surface area contributed by atoms with Gasteiger partial charge in [-0.25, -0.2) is 9.59 Å². The van der Waals surface area contributed by atoms with Gasteiger partial charge in [0.15, 0.2) is 0 Å². The molecule has 3 rings (SSSR count). The number of aliphatic hydroxyl groups excluding tert-OH is 1. The second-order valence-electron chi connectivity index (χ2n) is 6.67. The van der Waals surface area contributed by atoms with Crippen molar-refractivity contribution in [2.45, 2.75) is 12.5 Å². The Morgan fingerprint density at radius 2 is 1.81 bits per heavy atom. The van der Waals surface area contributed by atoms with E-state index in [0.717, 1.165) is 16.8 Å². The summed E-state index contributed by atoms with van der Waals surface area (Å²) < 4.78 is 11.1. The highest BCUT2D eigenvalue weighted by molar-refractivity contribution is 6.00. The smallest absolute Gasteiger partial charge is 0.412 e. The number of hydrogen-bond acceptors (Lipinski definition) is 5. The Morgan fingerprint density at radius 1 is 1.03 bits per heavy atom. The number of carbonyl (C=O) groups excluding carboxylic acids is 1. The molecule has 0 aliphatic rings. The number of fused-ring (bicyclic) bond motifs is 1. The molecule has 0 saturated carbocycles. The van der Waals surface area contributed by atoms with Gasteiger partial charge in [0.05, 0.1) is 12.3 Å². The van der Waals surface area contributed by atoms with E-state index in [1.807, 2.05) is 36.4 Å². The van der Waals surface area contributed by atoms with E-state index >= 15 is 0 Å². The van der Waals surface area contributed by atoms with E-state index in [-0.39, 0.29) is 19.6 Å². The number of rotatable bonds is 9. The Morgan fingerprint density at radius 3 is 2.61 bits per heavy atom. The van der Waals surface area contributed by atoms with Gasteiger partial charge in [0.2, 0.25) is 0 Å². The van der Waals surface area contributed by atoms with Crippen molar-refractivity contribution in [1.82, 2.24) is 0 Å². The summed E-state index contributed by atoms with van der Waals surface area (Å²) in [6, 6.07) is 20.1. The monoisotopic (exact) mass is 421 g/mol. The van der Waals surface area contributed by atoms with Crippen LogP contribution in [0.2, 0.25) is 0 Å². The zero-order valence-corrected chi connectivity index (χ0v) is 16.7. The minimum Gasteiger partial charge on any atom is -0.491 e. The molecule has 7 nitrogen and oxygen atoms in total. The van der Waals surface area contributed by atoms with E-state index in [4.69, 9.17) is 19.7 Å². The largest absolute Gasteiger partial charge is 0.491 e. The predicted octanol–water partition coefficient (Wildman–Crippen LogP) is 4.53. The van der Waals surface area contributed by atoms with Crippen LogP contribution in [0.3, 0.4) is 0 Å². The zero-order valence-electron chi connectivity index (χ0n) is 16.7. The molecular formula is C24H23NO6. The summed E-state index contributed by atoms with van der Waals surface area (Å²) in [5.74, 6) is -0.573. The number of ether oxygens (including phenoxy) is 2. The number of amides is 1. The number of benzene rings is 3. The maximum Gasteiger partial charge on any atom is 0.412 e. The van der Waals surface area contributed by atoms with Gasteiger partial charge in [0.25, 0.3) is 0 Å². The van der Waals surface area contributed by atoms with Gasteiger partial charge < -0.3 is 19.7 Å². The average Bonchev–Trinajstić information content (AvgIpc) is 2.77. The highest BCUT2D eigenvalue weighted by Crippen LogP contribution is 2.28. The lowest BCUT2D eigenvalue weighted by Crippen LogP contribution is -2.17. The van der Waals surface area contributed by atoms with Crippen LogP contribution in [0.25, 0.3) is 10.8 Å². The summed E-state index contributed by atoms with van der Waals surface area (Å²) >= 11 is 0. The molecule has 160 valence electrons. The van der Waals surface area contributed by atoms with Crippen LogP contribution >= 0.6 is 0 Å². The highest BCUT2D eigenvalue weighted by atomic mass is 16.6. The lowest BCUT2D eigenvalue weighted by atomic mass is 10.1. The van der Waals surface area contributed by atoms with E-state index in [9.17, 15) is 9.59 Å². The Hall–Kier alpha value is -3.84. The SMILES string of the molecule is O=C(O)/C=C/C[C@@H](OC(=O)Nc1cccc2ccccc12)c1cccc(OCCO)c1. The quantitative estimate of drug-likeness (QED) is 0.439. The van der Waals surface area contributed by atoms with Crippen LogP contribution in [-0.2, 0) is 9.53 Å². The lowest BCUT2D eigenvalue weighted by Gasteiger charge is -2.18. The summed E-state index contributed by atoms with van der Waals surface area (Å²) in [7, 11) is 0. The molecule has 0 aliphatic heterocycles. The molecule has 0 bridgehead atoms. The molecule has 0 radical (unpaired) electrons. The van der Waals surface area contributed by atoms with Crippen molar-refractivity contribution in [2.75, 3.05) is 18.5 Å². The molecule has 0 saturated heterocycles. The van der Waals surface area contributed by atoms with Crippen LogP contribution in [0.15, 0.2) is 78.9 Å². The number of aliphatic hydroxyl groups is 1. The number of carboxylic acid groups (broad SMARTS) is 1. The number of carbonyl (C=O) groups is 2. The molecule has 3 aromatic rings. The van der Waals surface area contributed by atoms with Gasteiger partial charge in [-0.05, 0) is 29.1 Å². The molecule has 31 heavy (non-hydrogen) atoms. The van der Waals surface area contributed by atoms with Gasteiger partial charge in [-0.15, -0.1) is 0 Å². The summed E-state index contributed by atoms with van der Waals surface area (Å²) in [6.07, 6.45) is 1.21. The fraction of sp³-hybridized carbons (Fsp3) is 0.167. The lowest BCUT2D eigenvalue weighted by molar-refractivity contribution is -0.131. The molecule has 0 aliphatic carbocycles. The second kappa shape index (κ2) is 10.8. The first-order chi connectivity index (χ1) is 15.1. The van der Waals surface area contributed by atoms with E-state index in [1.54, 1.807) is 30.3 Å². The third kappa shape index (κ3) is 6.32. The van der Waals surface area contributed by atoms with Crippen LogP contribution in [0.5, 0.6) is 5.75 Å². The molecule has 7 heteroatoms. The summed E-state index contributed by atoms with van der Waals surface area (Å²) in [5, 5.41) is 22.4. The van der Waals surface area contributed by atoms with Crippen molar-refractivity contribution >= 4 is 28.5 Å². The second-order valence-corrected chi connectivity index (χ2v) is 6.67. The normalized spacial score (nSPS) is 11.9. The number of anilines is 1. The van der Waals surface area contributed by atoms with Crippen molar-refractivity contribution in [2.24, 2.45) is 0 Å². The standard InChI is InChI=1S/C24H23NO6/c26-14-15-30-19-9-3-8-18(16-19)22(12-5-13-23(27)28)31-24(29)25-21-11-4-7-17-6-1-2-10-20(17)21/h1-11,13,16,22,26H,12,14-15H2,(H,25,29)(H,27,28)/b13-5+/t22-/m1/s1. The van der Waals surface area contributed by atoms with Gasteiger partial charge in [0.1, 0.15) is 18.5 Å².